The number of nitrogens with two attached hydrogens (primary N) is 1. The summed E-state index contributed by atoms with van der Waals surface area (Å²) in [5.41, 5.74) is 6.16. The summed E-state index contributed by atoms with van der Waals surface area (Å²) in [4.78, 5) is 24.4. The van der Waals surface area contributed by atoms with E-state index in [1.54, 1.807) is 23.1 Å². The molecule has 3 N–H and O–H groups in total. The number of hydrogen-bond donors (Lipinski definition) is 2. The molecule has 0 aliphatic carbocycles. The Labute approximate surface area is 118 Å². The molecule has 1 amide bonds. The lowest BCUT2D eigenvalue weighted by atomic mass is 10.1. The third kappa shape index (κ3) is 2.87. The Kier molecular flexibility index (Phi) is 4.06. The SMILES string of the molecule is NC(=O)c1cc(Br)ccc1N1CCOCC1C(=O)O. The first-order valence-electron chi connectivity index (χ1n) is 5.67. The van der Waals surface area contributed by atoms with Gasteiger partial charge in [-0.25, -0.2) is 4.79 Å². The average molecular weight is 329 g/mol. The highest BCUT2D eigenvalue weighted by atomic mass is 79.9. The molecule has 1 aliphatic rings. The Morgan fingerprint density at radius 2 is 2.21 bits per heavy atom. The second kappa shape index (κ2) is 5.58. The van der Waals surface area contributed by atoms with Crippen LogP contribution in [0.4, 0.5) is 5.69 Å². The van der Waals surface area contributed by atoms with Gasteiger partial charge in [0.25, 0.3) is 5.91 Å². The summed E-state index contributed by atoms with van der Waals surface area (Å²) in [6, 6.07) is 4.21. The van der Waals surface area contributed by atoms with Crippen molar-refractivity contribution in [2.75, 3.05) is 24.7 Å². The van der Waals surface area contributed by atoms with Gasteiger partial charge in [0.15, 0.2) is 6.04 Å². The van der Waals surface area contributed by atoms with Crippen LogP contribution in [0, 0.1) is 0 Å². The van der Waals surface area contributed by atoms with Crippen molar-refractivity contribution in [2.24, 2.45) is 5.73 Å². The van der Waals surface area contributed by atoms with Gasteiger partial charge in [-0.05, 0) is 18.2 Å². The van der Waals surface area contributed by atoms with E-state index in [1.165, 1.54) is 0 Å². The van der Waals surface area contributed by atoms with Gasteiger partial charge in [-0.1, -0.05) is 15.9 Å². The van der Waals surface area contributed by atoms with Gasteiger partial charge in [0.2, 0.25) is 0 Å². The van der Waals surface area contributed by atoms with Crippen molar-refractivity contribution in [2.45, 2.75) is 6.04 Å². The predicted octanol–water partition coefficient (Wildman–Crippen LogP) is 0.838. The third-order valence-electron chi connectivity index (χ3n) is 2.95. The highest BCUT2D eigenvalue weighted by molar-refractivity contribution is 9.10. The lowest BCUT2D eigenvalue weighted by Crippen LogP contribution is -2.50. The highest BCUT2D eigenvalue weighted by Gasteiger charge is 2.31. The molecule has 0 radical (unpaired) electrons. The molecule has 7 heteroatoms. The molecule has 1 aliphatic heterocycles. The molecule has 0 bridgehead atoms. The number of hydrogen-bond acceptors (Lipinski definition) is 4. The number of carbonyl (C=O) groups excluding carboxylic acids is 1. The molecule has 19 heavy (non-hydrogen) atoms. The number of nitrogens with zero attached hydrogens (tertiary/aromatic N) is 1. The van der Waals surface area contributed by atoms with Crippen molar-refractivity contribution in [3.63, 3.8) is 0 Å². The minimum atomic E-state index is -0.988. The fourth-order valence-corrected chi connectivity index (χ4v) is 2.41. The van der Waals surface area contributed by atoms with Crippen LogP contribution in [0.5, 0.6) is 0 Å². The van der Waals surface area contributed by atoms with Crippen molar-refractivity contribution in [1.82, 2.24) is 0 Å². The van der Waals surface area contributed by atoms with Crippen LogP contribution in [-0.2, 0) is 9.53 Å². The summed E-state index contributed by atoms with van der Waals surface area (Å²) >= 11 is 3.27. The smallest absolute Gasteiger partial charge is 0.328 e. The van der Waals surface area contributed by atoms with Gasteiger partial charge in [-0.2, -0.15) is 0 Å². The lowest BCUT2D eigenvalue weighted by molar-refractivity contribution is -0.141. The topological polar surface area (TPSA) is 92.9 Å². The van der Waals surface area contributed by atoms with E-state index in [4.69, 9.17) is 10.5 Å². The monoisotopic (exact) mass is 328 g/mol. The maximum Gasteiger partial charge on any atom is 0.328 e. The molecule has 0 saturated carbocycles. The van der Waals surface area contributed by atoms with Gasteiger partial charge in [-0.3, -0.25) is 4.79 Å². The second-order valence-corrected chi connectivity index (χ2v) is 5.06. The van der Waals surface area contributed by atoms with Crippen molar-refractivity contribution in [3.8, 4) is 0 Å². The number of morpholine rings is 1. The summed E-state index contributed by atoms with van der Waals surface area (Å²) in [5.74, 6) is -1.58. The number of benzene rings is 1. The van der Waals surface area contributed by atoms with Crippen LogP contribution in [0.25, 0.3) is 0 Å². The van der Waals surface area contributed by atoms with Crippen LogP contribution < -0.4 is 10.6 Å². The van der Waals surface area contributed by atoms with Crippen LogP contribution in [-0.4, -0.2) is 42.8 Å². The number of halogens is 1. The van der Waals surface area contributed by atoms with E-state index in [2.05, 4.69) is 15.9 Å². The molecule has 102 valence electrons. The van der Waals surface area contributed by atoms with Crippen LogP contribution in [0.2, 0.25) is 0 Å². The Morgan fingerprint density at radius 3 is 2.84 bits per heavy atom. The molecule has 1 unspecified atom stereocenters. The Morgan fingerprint density at radius 1 is 1.47 bits per heavy atom. The molecule has 0 aromatic heterocycles. The van der Waals surface area contributed by atoms with Crippen LogP contribution in [0.3, 0.4) is 0 Å². The normalized spacial score (nSPS) is 19.2. The predicted molar refractivity (Wildman–Crippen MR) is 72.2 cm³/mol. The van der Waals surface area contributed by atoms with Crippen molar-refractivity contribution in [1.29, 1.82) is 0 Å². The van der Waals surface area contributed by atoms with E-state index < -0.39 is 17.9 Å². The first kappa shape index (κ1) is 13.8. The van der Waals surface area contributed by atoms with Gasteiger partial charge in [-0.15, -0.1) is 0 Å². The summed E-state index contributed by atoms with van der Waals surface area (Å²) < 4.78 is 5.88. The highest BCUT2D eigenvalue weighted by Crippen LogP contribution is 2.27. The molecule has 2 rings (SSSR count). The molecular weight excluding hydrogens is 316 g/mol. The van der Waals surface area contributed by atoms with Gasteiger partial charge in [0.05, 0.1) is 24.5 Å². The van der Waals surface area contributed by atoms with Crippen molar-refractivity contribution < 1.29 is 19.4 Å². The fraction of sp³-hybridized carbons (Fsp3) is 0.333. The molecule has 1 aromatic rings. The maximum atomic E-state index is 11.5. The number of amides is 1. The third-order valence-corrected chi connectivity index (χ3v) is 3.44. The van der Waals surface area contributed by atoms with Crippen LogP contribution in [0.1, 0.15) is 10.4 Å². The minimum absolute atomic E-state index is 0.0869. The zero-order valence-electron chi connectivity index (χ0n) is 10.0. The number of carboxylic acid groups (broad SMARTS) is 1. The zero-order chi connectivity index (χ0) is 14.0. The van der Waals surface area contributed by atoms with Gasteiger partial charge in [0.1, 0.15) is 0 Å². The maximum absolute atomic E-state index is 11.5. The molecule has 6 nitrogen and oxygen atoms in total. The Bertz CT molecular complexity index is 520. The summed E-state index contributed by atoms with van der Waals surface area (Å²) in [5, 5.41) is 9.21. The second-order valence-electron chi connectivity index (χ2n) is 4.15. The fourth-order valence-electron chi connectivity index (χ4n) is 2.05. The minimum Gasteiger partial charge on any atom is -0.480 e. The van der Waals surface area contributed by atoms with Crippen molar-refractivity contribution in [3.05, 3.63) is 28.2 Å². The number of anilines is 1. The molecule has 0 spiro atoms. The molecule has 1 aromatic carbocycles. The summed E-state index contributed by atoms with van der Waals surface area (Å²) in [6.45, 7) is 0.903. The molecule has 1 heterocycles. The zero-order valence-corrected chi connectivity index (χ0v) is 11.6. The summed E-state index contributed by atoms with van der Waals surface area (Å²) in [7, 11) is 0. The van der Waals surface area contributed by atoms with Crippen LogP contribution in [0.15, 0.2) is 22.7 Å². The number of primary amides is 1. The van der Waals surface area contributed by atoms with E-state index in [1.807, 2.05) is 0 Å². The number of carbonyl (C=O) groups is 2. The number of carboxylic acids is 1. The van der Waals surface area contributed by atoms with E-state index >= 15 is 0 Å². The molecule has 1 fully saturated rings. The Hall–Kier alpha value is -1.60. The molecule has 1 atom stereocenters. The quantitative estimate of drug-likeness (QED) is 0.857. The van der Waals surface area contributed by atoms with E-state index in [9.17, 15) is 14.7 Å². The first-order chi connectivity index (χ1) is 9.00. The van der Waals surface area contributed by atoms with E-state index in [0.717, 1.165) is 0 Å². The molecular formula is C12H13BrN2O4. The average Bonchev–Trinajstić information content (AvgIpc) is 2.38. The Balaban J connectivity index is 2.44. The van der Waals surface area contributed by atoms with Crippen LogP contribution >= 0.6 is 15.9 Å². The number of ether oxygens (including phenoxy) is 1. The standard InChI is InChI=1S/C12H13BrN2O4/c13-7-1-2-9(8(5-7)11(14)16)15-3-4-19-6-10(15)12(17)18/h1-2,5,10H,3-4,6H2,(H2,14,16)(H,17,18). The largest absolute Gasteiger partial charge is 0.480 e. The lowest BCUT2D eigenvalue weighted by Gasteiger charge is -2.35. The molecule has 1 saturated heterocycles. The van der Waals surface area contributed by atoms with Gasteiger partial charge < -0.3 is 20.5 Å². The number of rotatable bonds is 3. The van der Waals surface area contributed by atoms with Gasteiger partial charge in [0, 0.05) is 11.0 Å². The van der Waals surface area contributed by atoms with Crippen molar-refractivity contribution >= 4 is 33.5 Å². The first-order valence-corrected chi connectivity index (χ1v) is 6.46. The number of aliphatic carboxylic acids is 1. The van der Waals surface area contributed by atoms with E-state index in [-0.39, 0.29) is 6.61 Å². The van der Waals surface area contributed by atoms with Gasteiger partial charge >= 0.3 is 5.97 Å². The summed E-state index contributed by atoms with van der Waals surface area (Å²) in [6.07, 6.45) is 0. The van der Waals surface area contributed by atoms with E-state index in [0.29, 0.717) is 28.9 Å².